The molecule has 2 aromatic rings. The zero-order valence-corrected chi connectivity index (χ0v) is 13.5. The summed E-state index contributed by atoms with van der Waals surface area (Å²) in [6, 6.07) is 7.91. The summed E-state index contributed by atoms with van der Waals surface area (Å²) in [5, 5.41) is 10.5. The number of aromatic amines is 1. The molecule has 1 saturated carbocycles. The monoisotopic (exact) mass is 300 g/mol. The van der Waals surface area contributed by atoms with Crippen LogP contribution in [0.2, 0.25) is 0 Å². The number of rotatable bonds is 3. The molecule has 1 aromatic carbocycles. The molecule has 1 fully saturated rings. The highest BCUT2D eigenvalue weighted by Gasteiger charge is 2.33. The van der Waals surface area contributed by atoms with Gasteiger partial charge in [-0.05, 0) is 42.7 Å². The minimum Gasteiger partial charge on any atom is -0.490 e. The van der Waals surface area contributed by atoms with Gasteiger partial charge in [0.2, 0.25) is 0 Å². The molecule has 5 nitrogen and oxygen atoms in total. The van der Waals surface area contributed by atoms with E-state index < -0.39 is 0 Å². The highest BCUT2D eigenvalue weighted by Crippen LogP contribution is 2.40. The number of nitrogen functional groups attached to an aromatic ring is 1. The average molecular weight is 300 g/mol. The molecule has 0 radical (unpaired) electrons. The van der Waals surface area contributed by atoms with Gasteiger partial charge in [-0.25, -0.2) is 0 Å². The van der Waals surface area contributed by atoms with Gasteiger partial charge in [0.15, 0.2) is 5.82 Å². The fourth-order valence-electron chi connectivity index (χ4n) is 3.71. The normalized spacial score (nSPS) is 24.1. The smallest absolute Gasteiger partial charge is 0.173 e. The SMILES string of the molecule is C[C@@H]1C[C@@H](Oc2cccc(-c3n[nH]nc3N)c2)CC(C)(C)C1. The second kappa shape index (κ2) is 5.63. The third-order valence-corrected chi connectivity index (χ3v) is 4.33. The summed E-state index contributed by atoms with van der Waals surface area (Å²) < 4.78 is 6.24. The lowest BCUT2D eigenvalue weighted by Crippen LogP contribution is -2.34. The van der Waals surface area contributed by atoms with Crippen molar-refractivity contribution in [3.63, 3.8) is 0 Å². The van der Waals surface area contributed by atoms with Gasteiger partial charge in [0, 0.05) is 5.56 Å². The van der Waals surface area contributed by atoms with Gasteiger partial charge in [0.1, 0.15) is 11.4 Å². The first-order valence-corrected chi connectivity index (χ1v) is 7.86. The van der Waals surface area contributed by atoms with Crippen molar-refractivity contribution in [2.45, 2.75) is 46.1 Å². The lowest BCUT2D eigenvalue weighted by molar-refractivity contribution is 0.0563. The zero-order chi connectivity index (χ0) is 15.7. The first-order chi connectivity index (χ1) is 10.4. The molecular weight excluding hydrogens is 276 g/mol. The molecular formula is C17H24N4O. The Morgan fingerprint density at radius 2 is 2.09 bits per heavy atom. The lowest BCUT2D eigenvalue weighted by atomic mass is 9.71. The molecule has 0 aliphatic heterocycles. The van der Waals surface area contributed by atoms with Crippen molar-refractivity contribution in [1.82, 2.24) is 15.4 Å². The van der Waals surface area contributed by atoms with Gasteiger partial charge < -0.3 is 10.5 Å². The maximum absolute atomic E-state index is 6.24. The number of hydrogen-bond acceptors (Lipinski definition) is 4. The third-order valence-electron chi connectivity index (χ3n) is 4.33. The molecule has 118 valence electrons. The minimum atomic E-state index is 0.267. The fourth-order valence-corrected chi connectivity index (χ4v) is 3.71. The summed E-state index contributed by atoms with van der Waals surface area (Å²) in [5.74, 6) is 1.97. The van der Waals surface area contributed by atoms with Crippen LogP contribution in [0.15, 0.2) is 24.3 Å². The Hall–Kier alpha value is -2.04. The van der Waals surface area contributed by atoms with Gasteiger partial charge in [-0.15, -0.1) is 5.10 Å². The largest absolute Gasteiger partial charge is 0.490 e. The van der Waals surface area contributed by atoms with E-state index in [4.69, 9.17) is 10.5 Å². The Morgan fingerprint density at radius 3 is 2.77 bits per heavy atom. The molecule has 1 aromatic heterocycles. The number of nitrogens with one attached hydrogen (secondary N) is 1. The number of nitrogens with two attached hydrogens (primary N) is 1. The predicted octanol–water partition coefficient (Wildman–Crippen LogP) is 3.65. The van der Waals surface area contributed by atoms with Crippen molar-refractivity contribution in [1.29, 1.82) is 0 Å². The number of nitrogens with zero attached hydrogens (tertiary/aromatic N) is 2. The van der Waals surface area contributed by atoms with Crippen LogP contribution in [-0.2, 0) is 0 Å². The van der Waals surface area contributed by atoms with Crippen molar-refractivity contribution in [3.8, 4) is 17.0 Å². The summed E-state index contributed by atoms with van der Waals surface area (Å²) in [6.45, 7) is 6.96. The molecule has 3 N–H and O–H groups in total. The highest BCUT2D eigenvalue weighted by atomic mass is 16.5. The molecule has 1 heterocycles. The van der Waals surface area contributed by atoms with Gasteiger partial charge >= 0.3 is 0 Å². The third kappa shape index (κ3) is 3.24. The summed E-state index contributed by atoms with van der Waals surface area (Å²) in [5.41, 5.74) is 7.75. The molecule has 0 spiro atoms. The Labute approximate surface area is 131 Å². The molecule has 0 unspecified atom stereocenters. The Balaban J connectivity index is 1.77. The maximum atomic E-state index is 6.24. The number of ether oxygens (including phenoxy) is 1. The molecule has 0 saturated heterocycles. The highest BCUT2D eigenvalue weighted by molar-refractivity contribution is 5.70. The van der Waals surface area contributed by atoms with E-state index in [1.165, 1.54) is 6.42 Å². The quantitative estimate of drug-likeness (QED) is 0.907. The average Bonchev–Trinajstić information content (AvgIpc) is 2.83. The summed E-state index contributed by atoms with van der Waals surface area (Å²) in [7, 11) is 0. The molecule has 0 amide bonds. The number of benzene rings is 1. The van der Waals surface area contributed by atoms with Crippen LogP contribution in [0.5, 0.6) is 5.75 Å². The standard InChI is InChI=1S/C17H24N4O/c1-11-7-14(10-17(2,3)9-11)22-13-6-4-5-12(8-13)15-16(18)20-21-19-15/h4-6,8,11,14H,7,9-10H2,1-3H3,(H3,18,19,20,21)/t11-,14-/m1/s1. The number of aromatic nitrogens is 3. The van der Waals surface area contributed by atoms with E-state index in [2.05, 4.69) is 36.2 Å². The first kappa shape index (κ1) is 14.9. The van der Waals surface area contributed by atoms with E-state index >= 15 is 0 Å². The van der Waals surface area contributed by atoms with E-state index in [0.717, 1.165) is 24.2 Å². The predicted molar refractivity (Wildman–Crippen MR) is 87.4 cm³/mol. The Kier molecular flexibility index (Phi) is 3.81. The number of H-pyrrole nitrogens is 1. The molecule has 0 bridgehead atoms. The molecule has 5 heteroatoms. The summed E-state index contributed by atoms with van der Waals surface area (Å²) >= 11 is 0. The van der Waals surface area contributed by atoms with E-state index in [1.807, 2.05) is 24.3 Å². The topological polar surface area (TPSA) is 76.8 Å². The van der Waals surface area contributed by atoms with Crippen LogP contribution in [-0.4, -0.2) is 21.5 Å². The molecule has 2 atom stereocenters. The maximum Gasteiger partial charge on any atom is 0.173 e. The van der Waals surface area contributed by atoms with Crippen LogP contribution >= 0.6 is 0 Å². The Morgan fingerprint density at radius 1 is 1.27 bits per heavy atom. The van der Waals surface area contributed by atoms with Gasteiger partial charge in [-0.1, -0.05) is 32.9 Å². The summed E-state index contributed by atoms with van der Waals surface area (Å²) in [4.78, 5) is 0. The van der Waals surface area contributed by atoms with Crippen molar-refractivity contribution in [2.75, 3.05) is 5.73 Å². The minimum absolute atomic E-state index is 0.267. The molecule has 3 rings (SSSR count). The van der Waals surface area contributed by atoms with E-state index in [1.54, 1.807) is 0 Å². The van der Waals surface area contributed by atoms with E-state index in [-0.39, 0.29) is 6.10 Å². The van der Waals surface area contributed by atoms with Gasteiger partial charge in [0.25, 0.3) is 0 Å². The van der Waals surface area contributed by atoms with Gasteiger partial charge in [0.05, 0.1) is 6.10 Å². The van der Waals surface area contributed by atoms with Crippen LogP contribution < -0.4 is 10.5 Å². The summed E-state index contributed by atoms with van der Waals surface area (Å²) in [6.07, 6.45) is 3.74. The van der Waals surface area contributed by atoms with Crippen LogP contribution in [0, 0.1) is 11.3 Å². The Bertz CT molecular complexity index is 650. The van der Waals surface area contributed by atoms with Crippen LogP contribution in [0.4, 0.5) is 5.82 Å². The van der Waals surface area contributed by atoms with Crippen molar-refractivity contribution in [2.24, 2.45) is 11.3 Å². The van der Waals surface area contributed by atoms with Crippen molar-refractivity contribution < 1.29 is 4.74 Å². The van der Waals surface area contributed by atoms with Gasteiger partial charge in [-0.2, -0.15) is 10.3 Å². The lowest BCUT2D eigenvalue weighted by Gasteiger charge is -2.38. The van der Waals surface area contributed by atoms with E-state index in [0.29, 0.717) is 22.8 Å². The second-order valence-corrected chi connectivity index (χ2v) is 7.24. The van der Waals surface area contributed by atoms with Crippen LogP contribution in [0.1, 0.15) is 40.0 Å². The number of hydrogen-bond donors (Lipinski definition) is 2. The van der Waals surface area contributed by atoms with Crippen molar-refractivity contribution in [3.05, 3.63) is 24.3 Å². The van der Waals surface area contributed by atoms with Crippen LogP contribution in [0.3, 0.4) is 0 Å². The number of anilines is 1. The van der Waals surface area contributed by atoms with E-state index in [9.17, 15) is 0 Å². The molecule has 1 aliphatic carbocycles. The zero-order valence-electron chi connectivity index (χ0n) is 13.5. The van der Waals surface area contributed by atoms with Crippen molar-refractivity contribution >= 4 is 5.82 Å². The molecule has 22 heavy (non-hydrogen) atoms. The fraction of sp³-hybridized carbons (Fsp3) is 0.529. The van der Waals surface area contributed by atoms with Crippen LogP contribution in [0.25, 0.3) is 11.3 Å². The first-order valence-electron chi connectivity index (χ1n) is 7.86. The molecule has 1 aliphatic rings. The van der Waals surface area contributed by atoms with Gasteiger partial charge in [-0.3, -0.25) is 0 Å². The second-order valence-electron chi connectivity index (χ2n) is 7.24.